The van der Waals surface area contributed by atoms with Crippen molar-refractivity contribution in [3.8, 4) is 0 Å². The number of hydrogen-bond acceptors (Lipinski definition) is 4. The van der Waals surface area contributed by atoms with E-state index >= 15 is 0 Å². The van der Waals surface area contributed by atoms with Gasteiger partial charge in [0.25, 0.3) is 0 Å². The van der Waals surface area contributed by atoms with Crippen molar-refractivity contribution in [3.05, 3.63) is 0 Å². The molecule has 1 atom stereocenters. The fourth-order valence-corrected chi connectivity index (χ4v) is 4.79. The number of rotatable bonds is 5. The van der Waals surface area contributed by atoms with Gasteiger partial charge in [0.1, 0.15) is 0 Å². The normalized spacial score (nSPS) is 27.9. The van der Waals surface area contributed by atoms with Gasteiger partial charge in [0.05, 0.1) is 0 Å². The molecule has 3 rings (SSSR count). The number of hydrogen-bond donors (Lipinski definition) is 1. The Morgan fingerprint density at radius 3 is 2.54 bits per heavy atom. The lowest BCUT2D eigenvalue weighted by atomic mass is 9.88. The maximum atomic E-state index is 5.59. The lowest BCUT2D eigenvalue weighted by molar-refractivity contribution is -0.00522. The van der Waals surface area contributed by atoms with E-state index in [9.17, 15) is 0 Å². The van der Waals surface area contributed by atoms with Gasteiger partial charge in [0.2, 0.25) is 0 Å². The first-order valence-electron chi connectivity index (χ1n) is 10.6. The number of nitrogens with one attached hydrogen (secondary N) is 1. The van der Waals surface area contributed by atoms with Gasteiger partial charge >= 0.3 is 0 Å². The van der Waals surface area contributed by atoms with Gasteiger partial charge < -0.3 is 24.8 Å². The Labute approximate surface area is 159 Å². The molecule has 1 N–H and O–H groups in total. The maximum absolute atomic E-state index is 5.59. The first-order valence-corrected chi connectivity index (χ1v) is 10.6. The molecule has 3 aliphatic heterocycles. The number of guanidine groups is 1. The van der Waals surface area contributed by atoms with Crippen LogP contribution in [0.1, 0.15) is 38.5 Å². The molecule has 6 nitrogen and oxygen atoms in total. The van der Waals surface area contributed by atoms with Crippen molar-refractivity contribution >= 4 is 5.96 Å². The van der Waals surface area contributed by atoms with Crippen LogP contribution in [0.15, 0.2) is 4.99 Å². The number of aliphatic imine (C=N–C) groups is 1. The SMILES string of the molecule is CN=C(NCC1(N(C)C)CCOCC1)N1CCC(CN2CCCCC2)C1. The van der Waals surface area contributed by atoms with E-state index in [2.05, 4.69) is 39.1 Å². The Morgan fingerprint density at radius 1 is 1.15 bits per heavy atom. The molecule has 0 aromatic heterocycles. The zero-order chi connectivity index (χ0) is 18.4. The number of nitrogens with zero attached hydrogens (tertiary/aromatic N) is 4. The fraction of sp³-hybridized carbons (Fsp3) is 0.950. The van der Waals surface area contributed by atoms with Crippen LogP contribution in [0.3, 0.4) is 0 Å². The summed E-state index contributed by atoms with van der Waals surface area (Å²) < 4.78 is 5.59. The molecule has 0 spiro atoms. The van der Waals surface area contributed by atoms with E-state index in [0.717, 1.165) is 57.6 Å². The summed E-state index contributed by atoms with van der Waals surface area (Å²) in [5.41, 5.74) is 0.182. The topological polar surface area (TPSA) is 43.3 Å². The minimum Gasteiger partial charge on any atom is -0.381 e. The van der Waals surface area contributed by atoms with Crippen molar-refractivity contribution in [2.75, 3.05) is 73.6 Å². The van der Waals surface area contributed by atoms with E-state index in [-0.39, 0.29) is 5.54 Å². The smallest absolute Gasteiger partial charge is 0.193 e. The summed E-state index contributed by atoms with van der Waals surface area (Å²) in [4.78, 5) is 12.1. The third-order valence-electron chi connectivity index (χ3n) is 6.71. The molecule has 3 fully saturated rings. The van der Waals surface area contributed by atoms with Crippen LogP contribution in [0.5, 0.6) is 0 Å². The monoisotopic (exact) mass is 365 g/mol. The van der Waals surface area contributed by atoms with E-state index in [0.29, 0.717) is 0 Å². The Hall–Kier alpha value is -0.850. The van der Waals surface area contributed by atoms with Crippen LogP contribution in [-0.4, -0.2) is 99.8 Å². The maximum Gasteiger partial charge on any atom is 0.193 e. The van der Waals surface area contributed by atoms with Gasteiger partial charge in [-0.25, -0.2) is 0 Å². The predicted octanol–water partition coefficient (Wildman–Crippen LogP) is 1.48. The second kappa shape index (κ2) is 9.38. The van der Waals surface area contributed by atoms with Gasteiger partial charge in [-0.05, 0) is 65.2 Å². The standard InChI is InChI=1S/C20H39N5O/c1-21-19(22-17-20(23(2)3)8-13-26-14-9-20)25-12-7-18(16-25)15-24-10-5-4-6-11-24/h18H,4-17H2,1-3H3,(H,21,22). The zero-order valence-corrected chi connectivity index (χ0v) is 17.2. The molecule has 0 amide bonds. The first-order chi connectivity index (χ1) is 12.6. The van der Waals surface area contributed by atoms with Gasteiger partial charge in [0.15, 0.2) is 5.96 Å². The zero-order valence-electron chi connectivity index (χ0n) is 17.2. The second-order valence-electron chi connectivity index (χ2n) is 8.59. The molecule has 3 heterocycles. The average molecular weight is 366 g/mol. The minimum absolute atomic E-state index is 0.182. The van der Waals surface area contributed by atoms with Crippen molar-refractivity contribution in [1.29, 1.82) is 0 Å². The summed E-state index contributed by atoms with van der Waals surface area (Å²) >= 11 is 0. The highest BCUT2D eigenvalue weighted by Crippen LogP contribution is 2.25. The summed E-state index contributed by atoms with van der Waals surface area (Å²) in [5, 5.41) is 3.69. The fourth-order valence-electron chi connectivity index (χ4n) is 4.79. The van der Waals surface area contributed by atoms with Gasteiger partial charge in [-0.2, -0.15) is 0 Å². The van der Waals surface area contributed by atoms with Crippen LogP contribution in [0.25, 0.3) is 0 Å². The Bertz CT molecular complexity index is 455. The van der Waals surface area contributed by atoms with Gasteiger partial charge in [-0.3, -0.25) is 4.99 Å². The predicted molar refractivity (Wildman–Crippen MR) is 108 cm³/mol. The molecule has 0 saturated carbocycles. The van der Waals surface area contributed by atoms with E-state index in [1.54, 1.807) is 0 Å². The van der Waals surface area contributed by atoms with Gasteiger partial charge in [0, 0.05) is 52.0 Å². The van der Waals surface area contributed by atoms with Crippen molar-refractivity contribution in [2.24, 2.45) is 10.9 Å². The molecule has 0 aromatic carbocycles. The van der Waals surface area contributed by atoms with Crippen molar-refractivity contribution < 1.29 is 4.74 Å². The number of likely N-dealkylation sites (N-methyl/N-ethyl adjacent to an activating group) is 1. The number of piperidine rings is 1. The summed E-state index contributed by atoms with van der Waals surface area (Å²) in [6.45, 7) is 8.83. The van der Waals surface area contributed by atoms with Crippen LogP contribution < -0.4 is 5.32 Å². The van der Waals surface area contributed by atoms with E-state index in [1.165, 1.54) is 45.3 Å². The van der Waals surface area contributed by atoms with E-state index in [1.807, 2.05) is 7.05 Å². The third-order valence-corrected chi connectivity index (χ3v) is 6.71. The molecule has 0 bridgehead atoms. The molecule has 6 heteroatoms. The summed E-state index contributed by atoms with van der Waals surface area (Å²) in [6, 6.07) is 0. The number of likely N-dealkylation sites (tertiary alicyclic amines) is 2. The molecule has 26 heavy (non-hydrogen) atoms. The Morgan fingerprint density at radius 2 is 1.88 bits per heavy atom. The first kappa shape index (κ1) is 19.9. The second-order valence-corrected chi connectivity index (χ2v) is 8.59. The number of ether oxygens (including phenoxy) is 1. The highest BCUT2D eigenvalue weighted by atomic mass is 16.5. The highest BCUT2D eigenvalue weighted by molar-refractivity contribution is 5.80. The van der Waals surface area contributed by atoms with Crippen LogP contribution >= 0.6 is 0 Å². The summed E-state index contributed by atoms with van der Waals surface area (Å²) in [7, 11) is 6.31. The van der Waals surface area contributed by atoms with Crippen LogP contribution in [0.2, 0.25) is 0 Å². The van der Waals surface area contributed by atoms with Gasteiger partial charge in [-0.1, -0.05) is 6.42 Å². The molecule has 0 radical (unpaired) electrons. The molecule has 3 saturated heterocycles. The van der Waals surface area contributed by atoms with Gasteiger partial charge in [-0.15, -0.1) is 0 Å². The van der Waals surface area contributed by atoms with Crippen LogP contribution in [0.4, 0.5) is 0 Å². The minimum atomic E-state index is 0.182. The van der Waals surface area contributed by atoms with E-state index < -0.39 is 0 Å². The lowest BCUT2D eigenvalue weighted by Gasteiger charge is -2.43. The molecule has 0 aliphatic carbocycles. The lowest BCUT2D eigenvalue weighted by Crippen LogP contribution is -2.57. The Balaban J connectivity index is 1.49. The van der Waals surface area contributed by atoms with Crippen LogP contribution in [-0.2, 0) is 4.74 Å². The highest BCUT2D eigenvalue weighted by Gasteiger charge is 2.35. The summed E-state index contributed by atoms with van der Waals surface area (Å²) in [5.74, 6) is 1.87. The molecule has 150 valence electrons. The Kier molecular flexibility index (Phi) is 7.18. The van der Waals surface area contributed by atoms with Crippen molar-refractivity contribution in [1.82, 2.24) is 20.0 Å². The molecule has 1 unspecified atom stereocenters. The average Bonchev–Trinajstić information content (AvgIpc) is 3.12. The van der Waals surface area contributed by atoms with Crippen molar-refractivity contribution in [2.45, 2.75) is 44.1 Å². The molecular weight excluding hydrogens is 326 g/mol. The largest absolute Gasteiger partial charge is 0.381 e. The quantitative estimate of drug-likeness (QED) is 0.591. The van der Waals surface area contributed by atoms with Crippen LogP contribution in [0, 0.1) is 5.92 Å². The summed E-state index contributed by atoms with van der Waals surface area (Å²) in [6.07, 6.45) is 7.65. The third kappa shape index (κ3) is 4.90. The molecule has 3 aliphatic rings. The molecular formula is C20H39N5O. The molecule has 0 aromatic rings. The van der Waals surface area contributed by atoms with Crippen molar-refractivity contribution in [3.63, 3.8) is 0 Å². The van der Waals surface area contributed by atoms with E-state index in [4.69, 9.17) is 4.74 Å².